The van der Waals surface area contributed by atoms with Gasteiger partial charge in [0.1, 0.15) is 0 Å². The topological polar surface area (TPSA) is 44.4 Å². The quantitative estimate of drug-likeness (QED) is 0.772. The lowest BCUT2D eigenvalue weighted by molar-refractivity contribution is -0.117. The summed E-state index contributed by atoms with van der Waals surface area (Å²) in [4.78, 5) is 14.4. The minimum Gasteiger partial charge on any atom is -0.324 e. The van der Waals surface area contributed by atoms with Gasteiger partial charge in [0.25, 0.3) is 0 Å². The third-order valence-electron chi connectivity index (χ3n) is 3.67. The summed E-state index contributed by atoms with van der Waals surface area (Å²) in [7, 11) is 1.98. The maximum Gasteiger partial charge on any atom is 0.238 e. The number of carbonyl (C=O) groups excluding carboxylic acids is 1. The number of hydrogen-bond donors (Lipinski definition) is 2. The maximum absolute atomic E-state index is 12.2. The van der Waals surface area contributed by atoms with Crippen molar-refractivity contribution in [2.45, 2.75) is 12.8 Å². The van der Waals surface area contributed by atoms with Gasteiger partial charge in [-0.1, -0.05) is 15.9 Å². The smallest absolute Gasteiger partial charge is 0.238 e. The van der Waals surface area contributed by atoms with Gasteiger partial charge in [-0.05, 0) is 73.0 Å². The van der Waals surface area contributed by atoms with Gasteiger partial charge in [-0.3, -0.25) is 9.69 Å². The van der Waals surface area contributed by atoms with E-state index in [1.54, 1.807) is 0 Å². The Labute approximate surface area is 142 Å². The van der Waals surface area contributed by atoms with Crippen LogP contribution in [-0.4, -0.2) is 44.0 Å². The van der Waals surface area contributed by atoms with Gasteiger partial charge in [-0.25, -0.2) is 0 Å². The molecule has 6 heteroatoms. The summed E-state index contributed by atoms with van der Waals surface area (Å²) >= 11 is 6.87. The molecule has 0 spiro atoms. The van der Waals surface area contributed by atoms with E-state index in [0.29, 0.717) is 12.5 Å². The molecule has 116 valence electrons. The summed E-state index contributed by atoms with van der Waals surface area (Å²) in [6.45, 7) is 3.49. The Bertz CT molecular complexity index is 494. The van der Waals surface area contributed by atoms with Crippen LogP contribution in [0, 0.1) is 5.92 Å². The lowest BCUT2D eigenvalue weighted by Gasteiger charge is -2.32. The van der Waals surface area contributed by atoms with Gasteiger partial charge in [0.15, 0.2) is 0 Å². The van der Waals surface area contributed by atoms with Crippen LogP contribution in [-0.2, 0) is 4.79 Å². The van der Waals surface area contributed by atoms with Gasteiger partial charge >= 0.3 is 0 Å². The maximum atomic E-state index is 12.2. The number of anilines is 1. The van der Waals surface area contributed by atoms with E-state index in [4.69, 9.17) is 0 Å². The Morgan fingerprint density at radius 2 is 2.24 bits per heavy atom. The number of nitrogens with one attached hydrogen (secondary N) is 2. The van der Waals surface area contributed by atoms with Gasteiger partial charge < -0.3 is 10.6 Å². The number of benzene rings is 1. The third-order valence-corrected chi connectivity index (χ3v) is 4.82. The first-order valence-electron chi connectivity index (χ1n) is 7.20. The highest BCUT2D eigenvalue weighted by atomic mass is 79.9. The standard InChI is InChI=1S/C15H21Br2N3O/c1-18-8-11-3-2-6-20(9-11)10-15(21)19-14-5-4-12(16)7-13(14)17/h4-5,7,11,18H,2-3,6,8-10H2,1H3,(H,19,21). The minimum absolute atomic E-state index is 0.0446. The van der Waals surface area contributed by atoms with E-state index in [-0.39, 0.29) is 5.91 Å². The highest BCUT2D eigenvalue weighted by Crippen LogP contribution is 2.26. The Morgan fingerprint density at radius 1 is 1.43 bits per heavy atom. The van der Waals surface area contributed by atoms with Crippen molar-refractivity contribution in [2.75, 3.05) is 38.5 Å². The molecular formula is C15H21Br2N3O. The fourth-order valence-electron chi connectivity index (χ4n) is 2.73. The molecule has 4 nitrogen and oxygen atoms in total. The van der Waals surface area contributed by atoms with Crippen LogP contribution < -0.4 is 10.6 Å². The first-order chi connectivity index (χ1) is 10.1. The molecule has 1 aliphatic rings. The Morgan fingerprint density at radius 3 is 2.95 bits per heavy atom. The van der Waals surface area contributed by atoms with Crippen LogP contribution in [0.4, 0.5) is 5.69 Å². The highest BCUT2D eigenvalue weighted by Gasteiger charge is 2.21. The van der Waals surface area contributed by atoms with Gasteiger partial charge in [0.2, 0.25) is 5.91 Å². The van der Waals surface area contributed by atoms with E-state index in [1.165, 1.54) is 12.8 Å². The lowest BCUT2D eigenvalue weighted by Crippen LogP contribution is -2.42. The second kappa shape index (κ2) is 8.27. The summed E-state index contributed by atoms with van der Waals surface area (Å²) in [5.74, 6) is 0.694. The van der Waals surface area contributed by atoms with Gasteiger partial charge in [-0.2, -0.15) is 0 Å². The lowest BCUT2D eigenvalue weighted by atomic mass is 9.98. The SMILES string of the molecule is CNCC1CCCN(CC(=O)Nc2ccc(Br)cc2Br)C1. The first-order valence-corrected chi connectivity index (χ1v) is 8.79. The summed E-state index contributed by atoms with van der Waals surface area (Å²) in [6.07, 6.45) is 2.42. The van der Waals surface area contributed by atoms with E-state index in [1.807, 2.05) is 25.2 Å². The second-order valence-electron chi connectivity index (χ2n) is 5.47. The highest BCUT2D eigenvalue weighted by molar-refractivity contribution is 9.11. The number of amides is 1. The zero-order valence-electron chi connectivity index (χ0n) is 12.2. The molecule has 1 aromatic carbocycles. The number of hydrogen-bond acceptors (Lipinski definition) is 3. The van der Waals surface area contributed by atoms with Crippen LogP contribution in [0.1, 0.15) is 12.8 Å². The molecule has 0 aromatic heterocycles. The molecule has 1 aliphatic heterocycles. The normalized spacial score (nSPS) is 19.5. The molecule has 1 aromatic rings. The predicted octanol–water partition coefficient (Wildman–Crippen LogP) is 3.08. The zero-order valence-corrected chi connectivity index (χ0v) is 15.3. The molecule has 1 amide bonds. The van der Waals surface area contributed by atoms with Crippen molar-refractivity contribution >= 4 is 43.5 Å². The minimum atomic E-state index is 0.0446. The molecule has 1 saturated heterocycles. The van der Waals surface area contributed by atoms with Gasteiger partial charge in [0, 0.05) is 15.5 Å². The van der Waals surface area contributed by atoms with Crippen LogP contribution in [0.2, 0.25) is 0 Å². The Balaban J connectivity index is 1.86. The van der Waals surface area contributed by atoms with Crippen LogP contribution >= 0.6 is 31.9 Å². The summed E-state index contributed by atoms with van der Waals surface area (Å²) in [6, 6.07) is 5.75. The molecule has 0 aliphatic carbocycles. The molecule has 1 fully saturated rings. The Kier molecular flexibility index (Phi) is 6.67. The summed E-state index contributed by atoms with van der Waals surface area (Å²) in [5, 5.41) is 6.19. The molecule has 2 rings (SSSR count). The summed E-state index contributed by atoms with van der Waals surface area (Å²) in [5.41, 5.74) is 0.812. The van der Waals surface area contributed by atoms with Crippen molar-refractivity contribution in [2.24, 2.45) is 5.92 Å². The second-order valence-corrected chi connectivity index (χ2v) is 7.24. The monoisotopic (exact) mass is 417 g/mol. The molecular weight excluding hydrogens is 398 g/mol. The number of nitrogens with zero attached hydrogens (tertiary/aromatic N) is 1. The predicted molar refractivity (Wildman–Crippen MR) is 93.6 cm³/mol. The average molecular weight is 419 g/mol. The van der Waals surface area contributed by atoms with Crippen LogP contribution in [0.5, 0.6) is 0 Å². The molecule has 0 radical (unpaired) electrons. The molecule has 1 atom stereocenters. The van der Waals surface area contributed by atoms with Gasteiger partial charge in [0.05, 0.1) is 12.2 Å². The average Bonchev–Trinajstić information content (AvgIpc) is 2.43. The van der Waals surface area contributed by atoms with Crippen molar-refractivity contribution in [1.29, 1.82) is 0 Å². The van der Waals surface area contributed by atoms with Crippen molar-refractivity contribution in [3.8, 4) is 0 Å². The van der Waals surface area contributed by atoms with Crippen molar-refractivity contribution < 1.29 is 4.79 Å². The number of likely N-dealkylation sites (tertiary alicyclic amines) is 1. The van der Waals surface area contributed by atoms with Crippen LogP contribution in [0.25, 0.3) is 0 Å². The van der Waals surface area contributed by atoms with E-state index in [9.17, 15) is 4.79 Å². The Hall–Kier alpha value is -0.430. The molecule has 0 saturated carbocycles. The fraction of sp³-hybridized carbons (Fsp3) is 0.533. The molecule has 1 heterocycles. The number of halogens is 2. The number of rotatable bonds is 5. The van der Waals surface area contributed by atoms with E-state index >= 15 is 0 Å². The zero-order chi connectivity index (χ0) is 15.2. The molecule has 0 bridgehead atoms. The third kappa shape index (κ3) is 5.36. The van der Waals surface area contributed by atoms with Crippen LogP contribution in [0.15, 0.2) is 27.1 Å². The fourth-order valence-corrected chi connectivity index (χ4v) is 3.88. The first kappa shape index (κ1) is 16.9. The largest absolute Gasteiger partial charge is 0.324 e. The van der Waals surface area contributed by atoms with E-state index in [2.05, 4.69) is 47.4 Å². The van der Waals surface area contributed by atoms with Crippen molar-refractivity contribution in [3.05, 3.63) is 27.1 Å². The molecule has 2 N–H and O–H groups in total. The van der Waals surface area contributed by atoms with Crippen LogP contribution in [0.3, 0.4) is 0 Å². The summed E-state index contributed by atoms with van der Waals surface area (Å²) < 4.78 is 1.87. The number of piperidine rings is 1. The number of carbonyl (C=O) groups is 1. The van der Waals surface area contributed by atoms with E-state index < -0.39 is 0 Å². The van der Waals surface area contributed by atoms with E-state index in [0.717, 1.165) is 34.3 Å². The van der Waals surface area contributed by atoms with Crippen molar-refractivity contribution in [3.63, 3.8) is 0 Å². The molecule has 1 unspecified atom stereocenters. The van der Waals surface area contributed by atoms with Crippen molar-refractivity contribution in [1.82, 2.24) is 10.2 Å². The van der Waals surface area contributed by atoms with Gasteiger partial charge in [-0.15, -0.1) is 0 Å². The molecule has 21 heavy (non-hydrogen) atoms.